The molecule has 22 heavy (non-hydrogen) atoms. The number of hydrogen-bond acceptors (Lipinski definition) is 4. The van der Waals surface area contributed by atoms with Gasteiger partial charge in [-0.15, -0.1) is 0 Å². The van der Waals surface area contributed by atoms with Gasteiger partial charge in [-0.1, -0.05) is 6.07 Å². The number of benzene rings is 1. The third-order valence-corrected chi connectivity index (χ3v) is 4.53. The van der Waals surface area contributed by atoms with Gasteiger partial charge >= 0.3 is 7.12 Å². The van der Waals surface area contributed by atoms with Crippen molar-refractivity contribution in [2.45, 2.75) is 38.9 Å². The minimum absolute atomic E-state index is 0.369. The Morgan fingerprint density at radius 3 is 2.36 bits per heavy atom. The third-order valence-electron chi connectivity index (χ3n) is 4.53. The second kappa shape index (κ2) is 5.14. The minimum atomic E-state index is -0.434. The molecule has 2 heterocycles. The van der Waals surface area contributed by atoms with E-state index in [1.165, 1.54) is 0 Å². The van der Waals surface area contributed by atoms with E-state index in [-0.39, 0.29) is 11.2 Å². The first-order valence-electron chi connectivity index (χ1n) is 7.36. The molecule has 0 N–H and O–H groups in total. The molecule has 116 valence electrons. The van der Waals surface area contributed by atoms with E-state index in [1.54, 1.807) is 19.6 Å². The molecule has 1 aliphatic heterocycles. The van der Waals surface area contributed by atoms with Gasteiger partial charge in [0.05, 0.1) is 30.3 Å². The summed E-state index contributed by atoms with van der Waals surface area (Å²) in [6.45, 7) is 8.16. The first kappa shape index (κ1) is 15.1. The maximum absolute atomic E-state index is 6.10. The number of nitrogens with zero attached hydrogens (tertiary/aromatic N) is 2. The predicted octanol–water partition coefficient (Wildman–Crippen LogP) is 2.18. The molecule has 0 saturated carbocycles. The Kier molecular flexibility index (Phi) is 3.53. The van der Waals surface area contributed by atoms with Gasteiger partial charge in [0.2, 0.25) is 0 Å². The van der Waals surface area contributed by atoms with Crippen molar-refractivity contribution in [2.24, 2.45) is 0 Å². The van der Waals surface area contributed by atoms with Gasteiger partial charge in [-0.2, -0.15) is 0 Å². The van der Waals surface area contributed by atoms with Crippen molar-refractivity contribution < 1.29 is 14.0 Å². The molecule has 1 aromatic heterocycles. The van der Waals surface area contributed by atoms with E-state index in [4.69, 9.17) is 14.0 Å². The van der Waals surface area contributed by atoms with Crippen molar-refractivity contribution in [1.82, 2.24) is 9.55 Å². The zero-order valence-corrected chi connectivity index (χ0v) is 13.7. The fourth-order valence-electron chi connectivity index (χ4n) is 2.44. The highest BCUT2D eigenvalue weighted by molar-refractivity contribution is 6.63. The molecule has 0 amide bonds. The van der Waals surface area contributed by atoms with Gasteiger partial charge in [0.1, 0.15) is 5.75 Å². The van der Waals surface area contributed by atoms with Crippen LogP contribution in [-0.4, -0.2) is 35.0 Å². The number of aromatic nitrogens is 2. The number of ether oxygens (including phenoxy) is 1. The first-order valence-corrected chi connectivity index (χ1v) is 7.36. The van der Waals surface area contributed by atoms with Crippen LogP contribution in [0.15, 0.2) is 36.9 Å². The molecule has 1 aromatic carbocycles. The highest BCUT2D eigenvalue weighted by Gasteiger charge is 2.52. The van der Waals surface area contributed by atoms with Crippen LogP contribution in [-0.2, 0) is 9.31 Å². The summed E-state index contributed by atoms with van der Waals surface area (Å²) in [5, 5.41) is 0. The van der Waals surface area contributed by atoms with Crippen LogP contribution in [0, 0.1) is 0 Å². The average Bonchev–Trinajstić information content (AvgIpc) is 3.05. The van der Waals surface area contributed by atoms with Crippen molar-refractivity contribution in [1.29, 1.82) is 0 Å². The molecule has 0 atom stereocenters. The lowest BCUT2D eigenvalue weighted by Gasteiger charge is -2.32. The second-order valence-corrected chi connectivity index (χ2v) is 6.48. The number of rotatable bonds is 3. The Labute approximate surface area is 131 Å². The van der Waals surface area contributed by atoms with E-state index in [9.17, 15) is 0 Å². The highest BCUT2D eigenvalue weighted by Crippen LogP contribution is 2.37. The molecule has 1 aliphatic rings. The molecule has 0 unspecified atom stereocenters. The van der Waals surface area contributed by atoms with Gasteiger partial charge in [0.15, 0.2) is 0 Å². The van der Waals surface area contributed by atoms with Crippen LogP contribution in [0.3, 0.4) is 0 Å². The third kappa shape index (κ3) is 2.42. The molecule has 0 spiro atoms. The summed E-state index contributed by atoms with van der Waals surface area (Å²) in [6, 6.07) is 5.95. The summed E-state index contributed by atoms with van der Waals surface area (Å²) in [6.07, 6.45) is 5.39. The van der Waals surface area contributed by atoms with Gasteiger partial charge < -0.3 is 18.6 Å². The number of methoxy groups -OCH3 is 1. The molecule has 0 aliphatic carbocycles. The van der Waals surface area contributed by atoms with Crippen molar-refractivity contribution in [3.05, 3.63) is 36.9 Å². The Morgan fingerprint density at radius 1 is 1.14 bits per heavy atom. The van der Waals surface area contributed by atoms with Gasteiger partial charge in [-0.25, -0.2) is 4.98 Å². The Balaban J connectivity index is 1.95. The van der Waals surface area contributed by atoms with Crippen LogP contribution in [0.1, 0.15) is 27.7 Å². The zero-order chi connectivity index (χ0) is 16.0. The lowest BCUT2D eigenvalue weighted by atomic mass is 9.78. The summed E-state index contributed by atoms with van der Waals surface area (Å²) in [5.74, 6) is 0.740. The van der Waals surface area contributed by atoms with E-state index >= 15 is 0 Å². The lowest BCUT2D eigenvalue weighted by Crippen LogP contribution is -2.41. The van der Waals surface area contributed by atoms with Crippen LogP contribution in [0.5, 0.6) is 5.75 Å². The van der Waals surface area contributed by atoms with E-state index < -0.39 is 7.12 Å². The molecule has 5 nitrogen and oxygen atoms in total. The Hall–Kier alpha value is -1.79. The minimum Gasteiger partial charge on any atom is -0.497 e. The summed E-state index contributed by atoms with van der Waals surface area (Å²) in [4.78, 5) is 4.06. The quantitative estimate of drug-likeness (QED) is 0.815. The molecule has 0 radical (unpaired) electrons. The summed E-state index contributed by atoms with van der Waals surface area (Å²) in [5.41, 5.74) is 1.14. The lowest BCUT2D eigenvalue weighted by molar-refractivity contribution is 0.00578. The summed E-state index contributed by atoms with van der Waals surface area (Å²) < 4.78 is 19.7. The van der Waals surface area contributed by atoms with Crippen LogP contribution < -0.4 is 10.2 Å². The number of hydrogen-bond donors (Lipinski definition) is 0. The van der Waals surface area contributed by atoms with Crippen LogP contribution >= 0.6 is 0 Å². The summed E-state index contributed by atoms with van der Waals surface area (Å²) in [7, 11) is 1.22. The predicted molar refractivity (Wildman–Crippen MR) is 85.8 cm³/mol. The second-order valence-electron chi connectivity index (χ2n) is 6.48. The van der Waals surface area contributed by atoms with E-state index in [2.05, 4.69) is 4.98 Å². The standard InChI is InChI=1S/C16H21BN2O3/c1-15(2)16(3,4)22-17(21-15)13-7-6-12(10-14(13)20-5)19-9-8-18-11-19/h6-11H,1-5H3. The molecule has 2 aromatic rings. The fraction of sp³-hybridized carbons (Fsp3) is 0.438. The first-order chi connectivity index (χ1) is 10.3. The van der Waals surface area contributed by atoms with Crippen LogP contribution in [0.25, 0.3) is 5.69 Å². The van der Waals surface area contributed by atoms with Crippen LogP contribution in [0.4, 0.5) is 0 Å². The van der Waals surface area contributed by atoms with Gasteiger partial charge in [-0.05, 0) is 33.8 Å². The smallest absolute Gasteiger partial charge is 0.497 e. The normalized spacial score (nSPS) is 19.4. The van der Waals surface area contributed by atoms with Gasteiger partial charge in [0, 0.05) is 23.9 Å². The molecule has 1 fully saturated rings. The van der Waals surface area contributed by atoms with Crippen LogP contribution in [0.2, 0.25) is 0 Å². The Morgan fingerprint density at radius 2 is 1.82 bits per heavy atom. The van der Waals surface area contributed by atoms with Crippen molar-refractivity contribution in [2.75, 3.05) is 7.11 Å². The largest absolute Gasteiger partial charge is 0.498 e. The molecular weight excluding hydrogens is 279 g/mol. The fourth-order valence-corrected chi connectivity index (χ4v) is 2.44. The van der Waals surface area contributed by atoms with Crippen molar-refractivity contribution in [3.63, 3.8) is 0 Å². The summed E-state index contributed by atoms with van der Waals surface area (Å²) >= 11 is 0. The average molecular weight is 300 g/mol. The van der Waals surface area contributed by atoms with Gasteiger partial charge in [0.25, 0.3) is 0 Å². The monoisotopic (exact) mass is 300 g/mol. The van der Waals surface area contributed by atoms with E-state index in [0.717, 1.165) is 16.9 Å². The zero-order valence-electron chi connectivity index (χ0n) is 13.7. The molecular formula is C16H21BN2O3. The topological polar surface area (TPSA) is 45.5 Å². The highest BCUT2D eigenvalue weighted by atomic mass is 16.7. The van der Waals surface area contributed by atoms with Crippen molar-refractivity contribution in [3.8, 4) is 11.4 Å². The maximum Gasteiger partial charge on any atom is 0.498 e. The van der Waals surface area contributed by atoms with Crippen molar-refractivity contribution >= 4 is 12.6 Å². The number of imidazole rings is 1. The Bertz CT molecular complexity index is 652. The van der Waals surface area contributed by atoms with E-state index in [1.807, 2.05) is 56.7 Å². The molecule has 1 saturated heterocycles. The molecule has 6 heteroatoms. The van der Waals surface area contributed by atoms with E-state index in [0.29, 0.717) is 0 Å². The molecule has 3 rings (SSSR count). The SMILES string of the molecule is COc1cc(-n2ccnc2)ccc1B1OC(C)(C)C(C)(C)O1. The van der Waals surface area contributed by atoms with Gasteiger partial charge in [-0.3, -0.25) is 0 Å². The maximum atomic E-state index is 6.10. The molecule has 0 bridgehead atoms.